The third-order valence-electron chi connectivity index (χ3n) is 3.60. The number of rotatable bonds is 6. The Kier molecular flexibility index (Phi) is 5.73. The zero-order valence-electron chi connectivity index (χ0n) is 13.2. The minimum absolute atomic E-state index is 0.535. The van der Waals surface area contributed by atoms with Crippen molar-refractivity contribution >= 4 is 17.6 Å². The summed E-state index contributed by atoms with van der Waals surface area (Å²) in [7, 11) is 2.00. The van der Waals surface area contributed by atoms with E-state index in [0.717, 1.165) is 29.9 Å². The molecule has 2 aromatic carbocycles. The van der Waals surface area contributed by atoms with Gasteiger partial charge in [-0.25, -0.2) is 0 Å². The van der Waals surface area contributed by atoms with Crippen molar-refractivity contribution in [3.63, 3.8) is 0 Å². The number of hydrogen-bond acceptors (Lipinski definition) is 3. The molecule has 0 aliphatic carbocycles. The summed E-state index contributed by atoms with van der Waals surface area (Å²) >= 11 is 0. The van der Waals surface area contributed by atoms with Crippen molar-refractivity contribution in [2.75, 3.05) is 18.5 Å². The zero-order chi connectivity index (χ0) is 15.8. The summed E-state index contributed by atoms with van der Waals surface area (Å²) in [6.07, 6.45) is 3.46. The van der Waals surface area contributed by atoms with Crippen molar-refractivity contribution in [1.29, 1.82) is 5.26 Å². The summed E-state index contributed by atoms with van der Waals surface area (Å²) in [5.41, 5.74) is 4.47. The first-order valence-corrected chi connectivity index (χ1v) is 7.54. The molecule has 2 aromatic rings. The smallest absolute Gasteiger partial charge is 0.0640 e. The predicted octanol–water partition coefficient (Wildman–Crippen LogP) is 4.35. The zero-order valence-corrected chi connectivity index (χ0v) is 13.2. The van der Waals surface area contributed by atoms with E-state index in [1.54, 1.807) is 0 Å². The van der Waals surface area contributed by atoms with Crippen LogP contribution in [0.15, 0.2) is 53.5 Å². The molecule has 2 rings (SSSR count). The van der Waals surface area contributed by atoms with E-state index in [9.17, 15) is 0 Å². The van der Waals surface area contributed by atoms with Gasteiger partial charge in [-0.2, -0.15) is 5.26 Å². The molecule has 0 N–H and O–H groups in total. The molecule has 0 spiro atoms. The molecular weight excluding hydrogens is 270 g/mol. The van der Waals surface area contributed by atoms with E-state index < -0.39 is 0 Å². The van der Waals surface area contributed by atoms with E-state index >= 15 is 0 Å². The monoisotopic (exact) mass is 291 g/mol. The fourth-order valence-corrected chi connectivity index (χ4v) is 2.13. The van der Waals surface area contributed by atoms with Gasteiger partial charge in [0, 0.05) is 25.5 Å². The molecule has 3 heteroatoms. The second-order valence-electron chi connectivity index (χ2n) is 5.20. The van der Waals surface area contributed by atoms with Crippen LogP contribution in [0.25, 0.3) is 0 Å². The van der Waals surface area contributed by atoms with E-state index in [-0.39, 0.29) is 0 Å². The summed E-state index contributed by atoms with van der Waals surface area (Å²) in [6.45, 7) is 2.89. The highest BCUT2D eigenvalue weighted by molar-refractivity contribution is 5.82. The van der Waals surface area contributed by atoms with Crippen LogP contribution in [0.5, 0.6) is 0 Å². The normalized spacial score (nSPS) is 10.6. The average molecular weight is 291 g/mol. The SMILES string of the molecule is CCc1ccc(N=Cc2ccc(N(C)CCC#N)cc2)cc1. The first kappa shape index (κ1) is 15.8. The molecule has 0 atom stereocenters. The molecule has 0 unspecified atom stereocenters. The van der Waals surface area contributed by atoms with Gasteiger partial charge in [0.15, 0.2) is 0 Å². The third kappa shape index (κ3) is 4.46. The lowest BCUT2D eigenvalue weighted by atomic mass is 10.1. The highest BCUT2D eigenvalue weighted by Gasteiger charge is 1.99. The number of nitriles is 1. The van der Waals surface area contributed by atoms with Gasteiger partial charge in [0.2, 0.25) is 0 Å². The molecule has 112 valence electrons. The second kappa shape index (κ2) is 7.99. The maximum Gasteiger partial charge on any atom is 0.0640 e. The summed E-state index contributed by atoms with van der Waals surface area (Å²) < 4.78 is 0. The maximum absolute atomic E-state index is 8.62. The van der Waals surface area contributed by atoms with Gasteiger partial charge in [0.25, 0.3) is 0 Å². The Bertz CT molecular complexity index is 649. The Morgan fingerprint density at radius 3 is 2.36 bits per heavy atom. The van der Waals surface area contributed by atoms with Crippen LogP contribution < -0.4 is 4.90 Å². The lowest BCUT2D eigenvalue weighted by molar-refractivity contribution is 0.905. The molecule has 0 saturated carbocycles. The minimum atomic E-state index is 0.535. The topological polar surface area (TPSA) is 39.4 Å². The Morgan fingerprint density at radius 2 is 1.77 bits per heavy atom. The Hall–Kier alpha value is -2.60. The number of hydrogen-bond donors (Lipinski definition) is 0. The highest BCUT2D eigenvalue weighted by Crippen LogP contribution is 2.16. The second-order valence-corrected chi connectivity index (χ2v) is 5.20. The predicted molar refractivity (Wildman–Crippen MR) is 93.0 cm³/mol. The first-order chi connectivity index (χ1) is 10.7. The Labute approximate surface area is 132 Å². The van der Waals surface area contributed by atoms with Crippen LogP contribution in [-0.2, 0) is 6.42 Å². The van der Waals surface area contributed by atoms with E-state index in [1.807, 2.05) is 37.5 Å². The molecule has 0 bridgehead atoms. The summed E-state index contributed by atoms with van der Waals surface area (Å²) in [5, 5.41) is 8.62. The van der Waals surface area contributed by atoms with E-state index in [1.165, 1.54) is 5.56 Å². The van der Waals surface area contributed by atoms with E-state index in [4.69, 9.17) is 5.26 Å². The standard InChI is InChI=1S/C19H21N3/c1-3-16-5-9-18(10-6-16)21-15-17-7-11-19(12-8-17)22(2)14-4-13-20/h5-12,15H,3-4,14H2,1-2H3. The average Bonchev–Trinajstić information content (AvgIpc) is 2.58. The van der Waals surface area contributed by atoms with Crippen LogP contribution in [0.1, 0.15) is 24.5 Å². The molecule has 0 fully saturated rings. The molecule has 0 heterocycles. The van der Waals surface area contributed by atoms with Gasteiger partial charge in [-0.05, 0) is 41.8 Å². The number of benzene rings is 2. The van der Waals surface area contributed by atoms with Crippen LogP contribution >= 0.6 is 0 Å². The molecule has 0 aromatic heterocycles. The molecule has 22 heavy (non-hydrogen) atoms. The molecular formula is C19H21N3. The Morgan fingerprint density at radius 1 is 1.09 bits per heavy atom. The maximum atomic E-state index is 8.62. The van der Waals surface area contributed by atoms with Crippen LogP contribution in [0.2, 0.25) is 0 Å². The molecule has 0 aliphatic rings. The Balaban J connectivity index is 2.01. The molecule has 0 radical (unpaired) electrons. The number of aryl methyl sites for hydroxylation is 1. The summed E-state index contributed by atoms with van der Waals surface area (Å²) in [6, 6.07) is 18.7. The van der Waals surface area contributed by atoms with Gasteiger partial charge in [-0.15, -0.1) is 0 Å². The van der Waals surface area contributed by atoms with Gasteiger partial charge in [-0.3, -0.25) is 4.99 Å². The summed E-state index contributed by atoms with van der Waals surface area (Å²) in [5.74, 6) is 0. The lowest BCUT2D eigenvalue weighted by Gasteiger charge is -2.17. The van der Waals surface area contributed by atoms with Crippen LogP contribution in [0.4, 0.5) is 11.4 Å². The van der Waals surface area contributed by atoms with E-state index in [2.05, 4.69) is 47.2 Å². The molecule has 3 nitrogen and oxygen atoms in total. The fraction of sp³-hybridized carbons (Fsp3) is 0.263. The van der Waals surface area contributed by atoms with Crippen molar-refractivity contribution in [2.45, 2.75) is 19.8 Å². The van der Waals surface area contributed by atoms with Gasteiger partial charge >= 0.3 is 0 Å². The molecule has 0 amide bonds. The molecule has 0 saturated heterocycles. The number of anilines is 1. The minimum Gasteiger partial charge on any atom is -0.374 e. The van der Waals surface area contributed by atoms with Gasteiger partial charge < -0.3 is 4.90 Å². The van der Waals surface area contributed by atoms with Gasteiger partial charge in [0.05, 0.1) is 18.2 Å². The largest absolute Gasteiger partial charge is 0.374 e. The van der Waals surface area contributed by atoms with Crippen molar-refractivity contribution in [3.8, 4) is 6.07 Å². The first-order valence-electron chi connectivity index (χ1n) is 7.54. The van der Waals surface area contributed by atoms with Crippen molar-refractivity contribution in [3.05, 3.63) is 59.7 Å². The van der Waals surface area contributed by atoms with Crippen LogP contribution in [0.3, 0.4) is 0 Å². The fourth-order valence-electron chi connectivity index (χ4n) is 2.13. The van der Waals surface area contributed by atoms with E-state index in [0.29, 0.717) is 6.42 Å². The third-order valence-corrected chi connectivity index (χ3v) is 3.60. The summed E-state index contributed by atoms with van der Waals surface area (Å²) in [4.78, 5) is 6.57. The highest BCUT2D eigenvalue weighted by atomic mass is 15.1. The number of aliphatic imine (C=N–C) groups is 1. The van der Waals surface area contributed by atoms with Gasteiger partial charge in [0.1, 0.15) is 0 Å². The lowest BCUT2D eigenvalue weighted by Crippen LogP contribution is -2.17. The van der Waals surface area contributed by atoms with Gasteiger partial charge in [-0.1, -0.05) is 31.2 Å². The van der Waals surface area contributed by atoms with Crippen molar-refractivity contribution < 1.29 is 0 Å². The van der Waals surface area contributed by atoms with Crippen LogP contribution in [-0.4, -0.2) is 19.8 Å². The van der Waals surface area contributed by atoms with Crippen molar-refractivity contribution in [2.24, 2.45) is 4.99 Å². The number of nitrogens with zero attached hydrogens (tertiary/aromatic N) is 3. The molecule has 0 aliphatic heterocycles. The van der Waals surface area contributed by atoms with Crippen LogP contribution in [0, 0.1) is 11.3 Å². The van der Waals surface area contributed by atoms with Crippen molar-refractivity contribution in [1.82, 2.24) is 0 Å². The quantitative estimate of drug-likeness (QED) is 0.742.